The summed E-state index contributed by atoms with van der Waals surface area (Å²) in [5, 5.41) is 0.741. The van der Waals surface area contributed by atoms with Crippen molar-refractivity contribution in [3.05, 3.63) is 33.8 Å². The molecule has 0 aromatic heterocycles. The molecule has 92 valence electrons. The van der Waals surface area contributed by atoms with E-state index in [0.29, 0.717) is 19.9 Å². The molecule has 0 radical (unpaired) electrons. The molecular formula is C9H6Cl3NO3S. The largest absolute Gasteiger partial charge is 0.324 e. The number of amides is 1. The SMILES string of the molecule is O=C1CC(c2ccc(Cl)cc2Cl)N1S(=O)(=O)Cl. The summed E-state index contributed by atoms with van der Waals surface area (Å²) in [6, 6.07) is 4.00. The van der Waals surface area contributed by atoms with Crippen molar-refractivity contribution in [2.75, 3.05) is 0 Å². The maximum atomic E-state index is 11.2. The van der Waals surface area contributed by atoms with E-state index in [0.717, 1.165) is 0 Å². The van der Waals surface area contributed by atoms with E-state index in [2.05, 4.69) is 0 Å². The first kappa shape index (κ1) is 13.0. The standard InChI is InChI=1S/C9H6Cl3NO3S/c10-5-1-2-6(7(11)3-5)8-4-9(14)13(8)17(12,15)16/h1-3,8H,4H2. The third-order valence-electron chi connectivity index (χ3n) is 2.45. The Morgan fingerprint density at radius 1 is 1.29 bits per heavy atom. The Labute approximate surface area is 113 Å². The fraction of sp³-hybridized carbons (Fsp3) is 0.222. The molecule has 17 heavy (non-hydrogen) atoms. The van der Waals surface area contributed by atoms with Crippen molar-refractivity contribution in [3.8, 4) is 0 Å². The summed E-state index contributed by atoms with van der Waals surface area (Å²) in [5.74, 6) is -0.545. The van der Waals surface area contributed by atoms with Crippen LogP contribution in [0.15, 0.2) is 18.2 Å². The predicted octanol–water partition coefficient (Wildman–Crippen LogP) is 2.75. The average Bonchev–Trinajstić information content (AvgIpc) is 2.12. The van der Waals surface area contributed by atoms with Crippen LogP contribution in [0.25, 0.3) is 0 Å². The molecule has 1 aromatic rings. The quantitative estimate of drug-likeness (QED) is 0.623. The van der Waals surface area contributed by atoms with Gasteiger partial charge in [0.05, 0.1) is 12.5 Å². The maximum absolute atomic E-state index is 11.2. The van der Waals surface area contributed by atoms with Gasteiger partial charge in [0.25, 0.3) is 0 Å². The van der Waals surface area contributed by atoms with Crippen LogP contribution >= 0.6 is 33.9 Å². The zero-order chi connectivity index (χ0) is 12.8. The molecule has 1 fully saturated rings. The second kappa shape index (κ2) is 4.31. The smallest absolute Gasteiger partial charge is 0.274 e. The van der Waals surface area contributed by atoms with Crippen molar-refractivity contribution < 1.29 is 13.2 Å². The minimum absolute atomic E-state index is 0.0628. The van der Waals surface area contributed by atoms with Gasteiger partial charge in [-0.1, -0.05) is 29.3 Å². The highest BCUT2D eigenvalue weighted by atomic mass is 35.7. The Morgan fingerprint density at radius 2 is 1.94 bits per heavy atom. The van der Waals surface area contributed by atoms with Gasteiger partial charge in [0.1, 0.15) is 0 Å². The van der Waals surface area contributed by atoms with E-state index >= 15 is 0 Å². The molecule has 0 saturated carbocycles. The molecule has 1 amide bonds. The third kappa shape index (κ3) is 2.38. The van der Waals surface area contributed by atoms with E-state index in [4.69, 9.17) is 33.9 Å². The van der Waals surface area contributed by atoms with Crippen molar-refractivity contribution in [2.45, 2.75) is 12.5 Å². The van der Waals surface area contributed by atoms with Gasteiger partial charge in [-0.15, -0.1) is 0 Å². The predicted molar refractivity (Wildman–Crippen MR) is 65.4 cm³/mol. The number of carbonyl (C=O) groups is 1. The number of benzene rings is 1. The molecule has 0 aliphatic carbocycles. The van der Waals surface area contributed by atoms with Crippen LogP contribution < -0.4 is 0 Å². The van der Waals surface area contributed by atoms with Gasteiger partial charge in [-0.25, -0.2) is 4.31 Å². The molecule has 1 saturated heterocycles. The Balaban J connectivity index is 2.39. The van der Waals surface area contributed by atoms with Crippen LogP contribution in [-0.2, 0) is 14.0 Å². The van der Waals surface area contributed by atoms with Crippen LogP contribution in [0.4, 0.5) is 0 Å². The van der Waals surface area contributed by atoms with Gasteiger partial charge in [-0.2, -0.15) is 8.42 Å². The number of halogens is 3. The highest BCUT2D eigenvalue weighted by molar-refractivity contribution is 8.12. The summed E-state index contributed by atoms with van der Waals surface area (Å²) >= 11 is 11.7. The van der Waals surface area contributed by atoms with Gasteiger partial charge >= 0.3 is 9.24 Å². The summed E-state index contributed by atoms with van der Waals surface area (Å²) in [4.78, 5) is 11.2. The molecule has 2 rings (SSSR count). The van der Waals surface area contributed by atoms with Crippen molar-refractivity contribution in [3.63, 3.8) is 0 Å². The van der Waals surface area contributed by atoms with Gasteiger partial charge in [-0.05, 0) is 17.7 Å². The number of hydrogen-bond acceptors (Lipinski definition) is 3. The lowest BCUT2D eigenvalue weighted by atomic mass is 9.97. The first-order valence-electron chi connectivity index (χ1n) is 4.52. The van der Waals surface area contributed by atoms with Gasteiger partial charge in [0.15, 0.2) is 0 Å². The molecule has 0 spiro atoms. The molecule has 8 heteroatoms. The van der Waals surface area contributed by atoms with E-state index in [1.165, 1.54) is 6.07 Å². The summed E-state index contributed by atoms with van der Waals surface area (Å²) in [7, 11) is 1.09. The minimum Gasteiger partial charge on any atom is -0.274 e. The number of rotatable bonds is 2. The second-order valence-corrected chi connectivity index (χ2v) is 6.75. The van der Waals surface area contributed by atoms with Crippen molar-refractivity contribution >= 4 is 49.0 Å². The lowest BCUT2D eigenvalue weighted by Gasteiger charge is -2.37. The van der Waals surface area contributed by atoms with E-state index in [9.17, 15) is 13.2 Å². The zero-order valence-electron chi connectivity index (χ0n) is 8.23. The molecular weight excluding hydrogens is 309 g/mol. The Bertz CT molecular complexity index is 587. The molecule has 4 nitrogen and oxygen atoms in total. The van der Waals surface area contributed by atoms with Crippen LogP contribution in [-0.4, -0.2) is 18.6 Å². The number of β-lactam (4-membered cyclic amide) rings is 1. The normalized spacial score (nSPS) is 20.3. The minimum atomic E-state index is -4.08. The molecule has 0 bridgehead atoms. The zero-order valence-corrected chi connectivity index (χ0v) is 11.3. The monoisotopic (exact) mass is 313 g/mol. The van der Waals surface area contributed by atoms with Crippen LogP contribution in [0.5, 0.6) is 0 Å². The van der Waals surface area contributed by atoms with Crippen molar-refractivity contribution in [2.24, 2.45) is 0 Å². The van der Waals surface area contributed by atoms with Gasteiger partial charge in [0, 0.05) is 20.7 Å². The fourth-order valence-electron chi connectivity index (χ4n) is 1.68. The number of hydrogen-bond donors (Lipinski definition) is 0. The lowest BCUT2D eigenvalue weighted by Crippen LogP contribution is -2.48. The van der Waals surface area contributed by atoms with E-state index in [1.807, 2.05) is 0 Å². The van der Waals surface area contributed by atoms with Crippen molar-refractivity contribution in [1.82, 2.24) is 4.31 Å². The Kier molecular flexibility index (Phi) is 3.29. The van der Waals surface area contributed by atoms with Gasteiger partial charge in [0.2, 0.25) is 5.91 Å². The fourth-order valence-corrected chi connectivity index (χ4v) is 3.55. The lowest BCUT2D eigenvalue weighted by molar-refractivity contribution is -0.137. The van der Waals surface area contributed by atoms with Crippen LogP contribution in [0.3, 0.4) is 0 Å². The Hall–Kier alpha value is -0.490. The first-order valence-corrected chi connectivity index (χ1v) is 7.54. The highest BCUT2D eigenvalue weighted by Crippen LogP contribution is 2.41. The van der Waals surface area contributed by atoms with E-state index < -0.39 is 21.2 Å². The molecule has 1 heterocycles. The number of nitrogens with zero attached hydrogens (tertiary/aromatic N) is 1. The summed E-state index contributed by atoms with van der Waals surface area (Å²) in [6.07, 6.45) is 0.0628. The van der Waals surface area contributed by atoms with Crippen LogP contribution in [0, 0.1) is 0 Å². The number of carbonyl (C=O) groups excluding carboxylic acids is 1. The topological polar surface area (TPSA) is 54.5 Å². The van der Waals surface area contributed by atoms with Crippen LogP contribution in [0.1, 0.15) is 18.0 Å². The maximum Gasteiger partial charge on any atom is 0.324 e. The van der Waals surface area contributed by atoms with E-state index in [-0.39, 0.29) is 6.42 Å². The molecule has 1 aliphatic heterocycles. The highest BCUT2D eigenvalue weighted by Gasteiger charge is 2.45. The van der Waals surface area contributed by atoms with Crippen molar-refractivity contribution in [1.29, 1.82) is 0 Å². The molecule has 1 aromatic carbocycles. The van der Waals surface area contributed by atoms with Gasteiger partial charge < -0.3 is 0 Å². The molecule has 1 atom stereocenters. The van der Waals surface area contributed by atoms with Gasteiger partial charge in [-0.3, -0.25) is 4.79 Å². The Morgan fingerprint density at radius 3 is 2.41 bits per heavy atom. The van der Waals surface area contributed by atoms with Crippen LogP contribution in [0.2, 0.25) is 10.0 Å². The molecule has 1 aliphatic rings. The summed E-state index contributed by atoms with van der Waals surface area (Å²) in [6.45, 7) is 0. The van der Waals surface area contributed by atoms with E-state index in [1.54, 1.807) is 12.1 Å². The molecule has 0 N–H and O–H groups in total. The first-order chi connectivity index (χ1) is 7.80. The second-order valence-electron chi connectivity index (χ2n) is 3.52. The summed E-state index contributed by atoms with van der Waals surface area (Å²) in [5.41, 5.74) is 0.514. The third-order valence-corrected chi connectivity index (χ3v) is 4.39. The molecule has 1 unspecified atom stereocenters. The summed E-state index contributed by atoms with van der Waals surface area (Å²) < 4.78 is 23.0. The average molecular weight is 315 g/mol.